The summed E-state index contributed by atoms with van der Waals surface area (Å²) >= 11 is 0. The lowest BCUT2D eigenvalue weighted by Crippen LogP contribution is -2.49. The predicted molar refractivity (Wildman–Crippen MR) is 72.4 cm³/mol. The zero-order valence-corrected chi connectivity index (χ0v) is 12.7. The molecule has 2 atom stereocenters. The Kier molecular flexibility index (Phi) is 4.78. The first-order valence-electron chi connectivity index (χ1n) is 6.84. The Morgan fingerprint density at radius 3 is 2.59 bits per heavy atom. The summed E-state index contributed by atoms with van der Waals surface area (Å²) in [5, 5.41) is 9.42. The fraction of sp³-hybridized carbons (Fsp3) is 0.615. The molecule has 5 nitrogen and oxygen atoms in total. The molecule has 1 fully saturated rings. The molecule has 0 bridgehead atoms. The number of rotatable bonds is 3. The number of aliphatic hydroxyl groups is 1. The van der Waals surface area contributed by atoms with Crippen molar-refractivity contribution in [2.24, 2.45) is 5.92 Å². The maximum Gasteiger partial charge on any atom is 0.433 e. The average Bonchev–Trinajstić information content (AvgIpc) is 2.46. The van der Waals surface area contributed by atoms with E-state index < -0.39 is 27.9 Å². The van der Waals surface area contributed by atoms with Gasteiger partial charge >= 0.3 is 6.18 Å². The largest absolute Gasteiger partial charge is 0.433 e. The van der Waals surface area contributed by atoms with Crippen LogP contribution in [0.1, 0.15) is 25.5 Å². The van der Waals surface area contributed by atoms with Crippen molar-refractivity contribution in [3.8, 4) is 0 Å². The standard InChI is InChI=1S/C13H17F3N2O3S/c1-9-3-2-6-18(11(9)8-19)22(20,21)10-4-5-12(17-7-10)13(14,15)16/h4-5,7,9,11,19H,2-3,6,8H2,1H3. The number of alkyl halides is 3. The topological polar surface area (TPSA) is 70.5 Å². The van der Waals surface area contributed by atoms with E-state index in [-0.39, 0.29) is 24.0 Å². The van der Waals surface area contributed by atoms with Gasteiger partial charge in [0.1, 0.15) is 10.6 Å². The van der Waals surface area contributed by atoms with Gasteiger partial charge in [-0.15, -0.1) is 0 Å². The molecule has 1 aliphatic heterocycles. The third-order valence-electron chi connectivity index (χ3n) is 3.89. The second-order valence-corrected chi connectivity index (χ2v) is 7.25. The number of halogens is 3. The van der Waals surface area contributed by atoms with Crippen LogP contribution in [0, 0.1) is 5.92 Å². The van der Waals surface area contributed by atoms with Crippen LogP contribution < -0.4 is 0 Å². The number of aromatic nitrogens is 1. The van der Waals surface area contributed by atoms with Gasteiger partial charge in [-0.05, 0) is 30.9 Å². The molecule has 124 valence electrons. The minimum atomic E-state index is -4.62. The minimum absolute atomic E-state index is 0.0177. The quantitative estimate of drug-likeness (QED) is 0.914. The Bertz CT molecular complexity index is 616. The summed E-state index contributed by atoms with van der Waals surface area (Å²) in [5.41, 5.74) is -1.14. The first-order chi connectivity index (χ1) is 10.2. The molecule has 0 saturated carbocycles. The highest BCUT2D eigenvalue weighted by molar-refractivity contribution is 7.89. The summed E-state index contributed by atoms with van der Waals surface area (Å²) in [6.07, 6.45) is -2.46. The van der Waals surface area contributed by atoms with E-state index in [9.17, 15) is 26.7 Å². The average molecular weight is 338 g/mol. The van der Waals surface area contributed by atoms with Gasteiger partial charge in [0, 0.05) is 12.7 Å². The van der Waals surface area contributed by atoms with Gasteiger partial charge in [-0.25, -0.2) is 8.42 Å². The van der Waals surface area contributed by atoms with Gasteiger partial charge < -0.3 is 5.11 Å². The van der Waals surface area contributed by atoms with Gasteiger partial charge in [0.25, 0.3) is 0 Å². The molecule has 1 aromatic rings. The number of hydrogen-bond acceptors (Lipinski definition) is 4. The van der Waals surface area contributed by atoms with Gasteiger partial charge in [0.05, 0.1) is 12.6 Å². The Balaban J connectivity index is 2.33. The molecule has 2 heterocycles. The minimum Gasteiger partial charge on any atom is -0.395 e. The molecule has 0 aromatic carbocycles. The molecular formula is C13H17F3N2O3S. The van der Waals surface area contributed by atoms with Crippen molar-refractivity contribution in [3.05, 3.63) is 24.0 Å². The smallest absolute Gasteiger partial charge is 0.395 e. The van der Waals surface area contributed by atoms with Crippen LogP contribution in [-0.2, 0) is 16.2 Å². The van der Waals surface area contributed by atoms with Gasteiger partial charge in [0.15, 0.2) is 0 Å². The highest BCUT2D eigenvalue weighted by Crippen LogP contribution is 2.31. The van der Waals surface area contributed by atoms with Crippen LogP contribution in [-0.4, -0.2) is 42.0 Å². The lowest BCUT2D eigenvalue weighted by molar-refractivity contribution is -0.141. The number of pyridine rings is 1. The van der Waals surface area contributed by atoms with E-state index >= 15 is 0 Å². The first kappa shape index (κ1) is 17.2. The van der Waals surface area contributed by atoms with E-state index in [1.54, 1.807) is 0 Å². The Morgan fingerprint density at radius 1 is 1.41 bits per heavy atom. The van der Waals surface area contributed by atoms with E-state index in [4.69, 9.17) is 0 Å². The number of sulfonamides is 1. The summed E-state index contributed by atoms with van der Waals surface area (Å²) in [6.45, 7) is 1.75. The number of nitrogens with zero attached hydrogens (tertiary/aromatic N) is 2. The van der Waals surface area contributed by atoms with Crippen molar-refractivity contribution in [2.45, 2.75) is 36.9 Å². The molecule has 2 rings (SSSR count). The zero-order valence-electron chi connectivity index (χ0n) is 11.9. The number of piperidine rings is 1. The highest BCUT2D eigenvalue weighted by atomic mass is 32.2. The molecule has 0 radical (unpaired) electrons. The molecular weight excluding hydrogens is 321 g/mol. The molecule has 0 aliphatic carbocycles. The second kappa shape index (κ2) is 6.13. The molecule has 1 saturated heterocycles. The fourth-order valence-electron chi connectivity index (χ4n) is 2.62. The fourth-order valence-corrected chi connectivity index (χ4v) is 4.31. The van der Waals surface area contributed by atoms with Crippen LogP contribution in [0.25, 0.3) is 0 Å². The Morgan fingerprint density at radius 2 is 2.09 bits per heavy atom. The van der Waals surface area contributed by atoms with Crippen molar-refractivity contribution >= 4 is 10.0 Å². The van der Waals surface area contributed by atoms with E-state index in [1.807, 2.05) is 6.92 Å². The maximum absolute atomic E-state index is 12.6. The van der Waals surface area contributed by atoms with E-state index in [0.29, 0.717) is 18.7 Å². The van der Waals surface area contributed by atoms with E-state index in [2.05, 4.69) is 4.98 Å². The van der Waals surface area contributed by atoms with Crippen molar-refractivity contribution in [2.75, 3.05) is 13.2 Å². The lowest BCUT2D eigenvalue weighted by atomic mass is 9.93. The summed E-state index contributed by atoms with van der Waals surface area (Å²) in [5.74, 6) is -0.0177. The van der Waals surface area contributed by atoms with Crippen molar-refractivity contribution in [1.29, 1.82) is 0 Å². The summed E-state index contributed by atoms with van der Waals surface area (Å²) in [6, 6.07) is 0.980. The highest BCUT2D eigenvalue weighted by Gasteiger charge is 2.38. The van der Waals surface area contributed by atoms with Gasteiger partial charge in [0.2, 0.25) is 10.0 Å². The monoisotopic (exact) mass is 338 g/mol. The van der Waals surface area contributed by atoms with Gasteiger partial charge in [-0.3, -0.25) is 4.98 Å². The van der Waals surface area contributed by atoms with E-state index in [0.717, 1.165) is 16.8 Å². The van der Waals surface area contributed by atoms with Crippen LogP contribution in [0.4, 0.5) is 13.2 Å². The van der Waals surface area contributed by atoms with Crippen LogP contribution in [0.15, 0.2) is 23.2 Å². The number of aliphatic hydroxyl groups excluding tert-OH is 1. The van der Waals surface area contributed by atoms with Gasteiger partial charge in [-0.1, -0.05) is 6.92 Å². The summed E-state index contributed by atoms with van der Waals surface area (Å²) in [4.78, 5) is 2.89. The summed E-state index contributed by atoms with van der Waals surface area (Å²) < 4.78 is 63.7. The van der Waals surface area contributed by atoms with Crippen LogP contribution >= 0.6 is 0 Å². The molecule has 2 unspecified atom stereocenters. The Labute approximate surface area is 126 Å². The molecule has 9 heteroatoms. The first-order valence-corrected chi connectivity index (χ1v) is 8.28. The second-order valence-electron chi connectivity index (χ2n) is 5.36. The zero-order chi connectivity index (χ0) is 16.5. The van der Waals surface area contributed by atoms with Gasteiger partial charge in [-0.2, -0.15) is 17.5 Å². The predicted octanol–water partition coefficient (Wildman–Crippen LogP) is 1.88. The van der Waals surface area contributed by atoms with Crippen LogP contribution in [0.2, 0.25) is 0 Å². The molecule has 22 heavy (non-hydrogen) atoms. The molecule has 1 aromatic heterocycles. The van der Waals surface area contributed by atoms with Crippen molar-refractivity contribution < 1.29 is 26.7 Å². The molecule has 1 aliphatic rings. The molecule has 0 amide bonds. The third-order valence-corrected chi connectivity index (χ3v) is 5.79. The van der Waals surface area contributed by atoms with Crippen LogP contribution in [0.3, 0.4) is 0 Å². The SMILES string of the molecule is CC1CCCN(S(=O)(=O)c2ccc(C(F)(F)F)nc2)C1CO. The van der Waals surface area contributed by atoms with Crippen molar-refractivity contribution in [3.63, 3.8) is 0 Å². The lowest BCUT2D eigenvalue weighted by Gasteiger charge is -2.37. The molecule has 1 N–H and O–H groups in total. The number of hydrogen-bond donors (Lipinski definition) is 1. The van der Waals surface area contributed by atoms with Crippen LogP contribution in [0.5, 0.6) is 0 Å². The maximum atomic E-state index is 12.6. The molecule has 0 spiro atoms. The van der Waals surface area contributed by atoms with E-state index in [1.165, 1.54) is 0 Å². The Hall–Kier alpha value is -1.19. The third kappa shape index (κ3) is 3.26. The summed E-state index contributed by atoms with van der Waals surface area (Å²) in [7, 11) is -3.97. The van der Waals surface area contributed by atoms with Crippen molar-refractivity contribution in [1.82, 2.24) is 9.29 Å². The normalized spacial score (nSPS) is 24.4.